The Morgan fingerprint density at radius 3 is 2.94 bits per heavy atom. The van der Waals surface area contributed by atoms with Gasteiger partial charge in [-0.3, -0.25) is 9.59 Å². The van der Waals surface area contributed by atoms with Crippen molar-refractivity contribution in [2.75, 3.05) is 6.54 Å². The van der Waals surface area contributed by atoms with Gasteiger partial charge in [-0.2, -0.15) is 5.10 Å². The Labute approximate surface area is 102 Å². The molecule has 7 nitrogen and oxygen atoms in total. The minimum atomic E-state index is -0.352. The lowest BCUT2D eigenvalue weighted by atomic mass is 10.3. The molecule has 2 heterocycles. The van der Waals surface area contributed by atoms with Crippen LogP contribution in [0.1, 0.15) is 22.1 Å². The first-order valence-corrected chi connectivity index (χ1v) is 5.40. The number of carbonyl (C=O) groups excluding carboxylic acids is 1. The molecule has 2 rings (SSSR count). The van der Waals surface area contributed by atoms with Crippen molar-refractivity contribution < 1.29 is 9.21 Å². The lowest BCUT2D eigenvalue weighted by molar-refractivity contribution is 0.0947. The van der Waals surface area contributed by atoms with Gasteiger partial charge in [-0.05, 0) is 13.0 Å². The molecule has 2 aromatic heterocycles. The smallest absolute Gasteiger partial charge is 0.271 e. The molecule has 0 fully saturated rings. The van der Waals surface area contributed by atoms with E-state index < -0.39 is 0 Å². The molecule has 0 unspecified atom stereocenters. The standard InChI is InChI=1S/C11H12N4O3/c1-7-6-13-10(18-7)4-5-12-11(17)8-2-3-9(16)15-14-8/h2-3,6H,4-5H2,1H3,(H,12,17)(H,15,16). The molecule has 7 heteroatoms. The Hall–Kier alpha value is -2.44. The van der Waals surface area contributed by atoms with Gasteiger partial charge in [0.15, 0.2) is 5.89 Å². The number of rotatable bonds is 4. The number of nitrogens with zero attached hydrogens (tertiary/aromatic N) is 2. The van der Waals surface area contributed by atoms with Crippen LogP contribution >= 0.6 is 0 Å². The van der Waals surface area contributed by atoms with Crippen molar-refractivity contribution in [3.8, 4) is 0 Å². The fraction of sp³-hybridized carbons (Fsp3) is 0.273. The molecular formula is C11H12N4O3. The molecule has 0 aliphatic rings. The van der Waals surface area contributed by atoms with Gasteiger partial charge in [-0.1, -0.05) is 0 Å². The van der Waals surface area contributed by atoms with Gasteiger partial charge in [0, 0.05) is 19.0 Å². The van der Waals surface area contributed by atoms with E-state index in [1.165, 1.54) is 12.1 Å². The first-order valence-electron chi connectivity index (χ1n) is 5.40. The van der Waals surface area contributed by atoms with Crippen LogP contribution in [0, 0.1) is 6.92 Å². The molecule has 94 valence electrons. The summed E-state index contributed by atoms with van der Waals surface area (Å²) in [5.41, 5.74) is -0.181. The maximum atomic E-state index is 11.6. The lowest BCUT2D eigenvalue weighted by Gasteiger charge is -2.01. The van der Waals surface area contributed by atoms with E-state index >= 15 is 0 Å². The lowest BCUT2D eigenvalue weighted by Crippen LogP contribution is -2.27. The first kappa shape index (κ1) is 12.0. The van der Waals surface area contributed by atoms with Gasteiger partial charge in [0.2, 0.25) is 0 Å². The minimum absolute atomic E-state index is 0.165. The topological polar surface area (TPSA) is 101 Å². The molecule has 0 atom stereocenters. The molecule has 0 aliphatic carbocycles. The molecular weight excluding hydrogens is 236 g/mol. The highest BCUT2D eigenvalue weighted by Crippen LogP contribution is 2.01. The molecule has 0 aromatic carbocycles. The Bertz CT molecular complexity index is 582. The third kappa shape index (κ3) is 3.03. The van der Waals surface area contributed by atoms with Crippen LogP contribution in [0.4, 0.5) is 0 Å². The molecule has 0 saturated carbocycles. The van der Waals surface area contributed by atoms with Gasteiger partial charge in [-0.15, -0.1) is 0 Å². The van der Waals surface area contributed by atoms with Crippen LogP contribution in [-0.4, -0.2) is 27.6 Å². The predicted molar refractivity (Wildman–Crippen MR) is 62.1 cm³/mol. The molecule has 0 bridgehead atoms. The summed E-state index contributed by atoms with van der Waals surface area (Å²) >= 11 is 0. The average Bonchev–Trinajstić information content (AvgIpc) is 2.76. The average molecular weight is 248 g/mol. The Kier molecular flexibility index (Phi) is 3.52. The van der Waals surface area contributed by atoms with Gasteiger partial charge < -0.3 is 9.73 Å². The quantitative estimate of drug-likeness (QED) is 0.795. The summed E-state index contributed by atoms with van der Waals surface area (Å²) in [5.74, 6) is 0.954. The van der Waals surface area contributed by atoms with Crippen molar-refractivity contribution in [1.29, 1.82) is 0 Å². The summed E-state index contributed by atoms with van der Waals surface area (Å²) in [6, 6.07) is 2.61. The second-order valence-corrected chi connectivity index (χ2v) is 3.68. The van der Waals surface area contributed by atoms with E-state index in [1.54, 1.807) is 13.1 Å². The Morgan fingerprint density at radius 1 is 1.50 bits per heavy atom. The first-order chi connectivity index (χ1) is 8.65. The number of aromatic amines is 1. The van der Waals surface area contributed by atoms with Crippen LogP contribution < -0.4 is 10.9 Å². The summed E-state index contributed by atoms with van der Waals surface area (Å²) in [7, 11) is 0. The number of aromatic nitrogens is 3. The van der Waals surface area contributed by atoms with Gasteiger partial charge >= 0.3 is 0 Å². The summed E-state index contributed by atoms with van der Waals surface area (Å²) in [5, 5.41) is 8.47. The van der Waals surface area contributed by atoms with Crippen LogP contribution in [0.3, 0.4) is 0 Å². The monoisotopic (exact) mass is 248 g/mol. The second-order valence-electron chi connectivity index (χ2n) is 3.68. The fourth-order valence-corrected chi connectivity index (χ4v) is 1.36. The van der Waals surface area contributed by atoms with Crippen molar-refractivity contribution in [1.82, 2.24) is 20.5 Å². The van der Waals surface area contributed by atoms with Crippen molar-refractivity contribution in [3.63, 3.8) is 0 Å². The molecule has 0 radical (unpaired) electrons. The highest BCUT2D eigenvalue weighted by Gasteiger charge is 2.07. The van der Waals surface area contributed by atoms with Gasteiger partial charge in [0.25, 0.3) is 11.5 Å². The van der Waals surface area contributed by atoms with Crippen LogP contribution in [-0.2, 0) is 6.42 Å². The van der Waals surface area contributed by atoms with Crippen molar-refractivity contribution in [2.24, 2.45) is 0 Å². The molecule has 0 saturated heterocycles. The van der Waals surface area contributed by atoms with Crippen LogP contribution in [0.2, 0.25) is 0 Å². The highest BCUT2D eigenvalue weighted by molar-refractivity contribution is 5.91. The maximum absolute atomic E-state index is 11.6. The summed E-state index contributed by atoms with van der Waals surface area (Å²) in [4.78, 5) is 26.4. The van der Waals surface area contributed by atoms with Crippen LogP contribution in [0.25, 0.3) is 0 Å². The second kappa shape index (κ2) is 5.26. The zero-order valence-corrected chi connectivity index (χ0v) is 9.77. The summed E-state index contributed by atoms with van der Waals surface area (Å²) < 4.78 is 5.26. The molecule has 1 amide bonds. The SMILES string of the molecule is Cc1cnc(CCNC(=O)c2ccc(=O)[nH]n2)o1. The van der Waals surface area contributed by atoms with E-state index in [0.29, 0.717) is 18.9 Å². The molecule has 2 aromatic rings. The number of H-pyrrole nitrogens is 1. The summed E-state index contributed by atoms with van der Waals surface area (Å²) in [6.07, 6.45) is 2.13. The highest BCUT2D eigenvalue weighted by atomic mass is 16.4. The number of hydrogen-bond acceptors (Lipinski definition) is 5. The van der Waals surface area contributed by atoms with Crippen LogP contribution in [0.5, 0.6) is 0 Å². The number of hydrogen-bond donors (Lipinski definition) is 2. The van der Waals surface area contributed by atoms with E-state index in [2.05, 4.69) is 20.5 Å². The van der Waals surface area contributed by atoms with E-state index in [9.17, 15) is 9.59 Å². The zero-order chi connectivity index (χ0) is 13.0. The fourth-order valence-electron chi connectivity index (χ4n) is 1.36. The predicted octanol–water partition coefficient (Wildman–Crippen LogP) is 0.0388. The van der Waals surface area contributed by atoms with Crippen molar-refractivity contribution >= 4 is 5.91 Å². The van der Waals surface area contributed by atoms with E-state index in [1.807, 2.05) is 0 Å². The maximum Gasteiger partial charge on any atom is 0.271 e. The normalized spacial score (nSPS) is 10.3. The number of carbonyl (C=O) groups is 1. The van der Waals surface area contributed by atoms with E-state index in [0.717, 1.165) is 5.76 Å². The molecule has 2 N–H and O–H groups in total. The third-order valence-corrected chi connectivity index (χ3v) is 2.21. The number of oxazole rings is 1. The Balaban J connectivity index is 1.85. The van der Waals surface area contributed by atoms with Gasteiger partial charge in [0.1, 0.15) is 11.5 Å². The number of nitrogens with one attached hydrogen (secondary N) is 2. The minimum Gasteiger partial charge on any atom is -0.446 e. The largest absolute Gasteiger partial charge is 0.446 e. The van der Waals surface area contributed by atoms with E-state index in [4.69, 9.17) is 4.42 Å². The van der Waals surface area contributed by atoms with Crippen molar-refractivity contribution in [3.05, 3.63) is 46.0 Å². The van der Waals surface area contributed by atoms with Gasteiger partial charge in [0.05, 0.1) is 6.20 Å². The van der Waals surface area contributed by atoms with Crippen molar-refractivity contribution in [2.45, 2.75) is 13.3 Å². The zero-order valence-electron chi connectivity index (χ0n) is 9.77. The summed E-state index contributed by atoms with van der Waals surface area (Å²) in [6.45, 7) is 2.19. The molecule has 0 aliphatic heterocycles. The third-order valence-electron chi connectivity index (χ3n) is 2.21. The number of amides is 1. The number of aryl methyl sites for hydroxylation is 1. The van der Waals surface area contributed by atoms with Crippen LogP contribution in [0.15, 0.2) is 27.5 Å². The van der Waals surface area contributed by atoms with E-state index in [-0.39, 0.29) is 17.2 Å². The Morgan fingerprint density at radius 2 is 2.33 bits per heavy atom. The molecule has 18 heavy (non-hydrogen) atoms. The molecule has 0 spiro atoms. The van der Waals surface area contributed by atoms with Gasteiger partial charge in [-0.25, -0.2) is 10.1 Å².